The zero-order valence-electron chi connectivity index (χ0n) is 13.7. The third-order valence-corrected chi connectivity index (χ3v) is 3.57. The largest absolute Gasteiger partial charge is 0.495 e. The van der Waals surface area contributed by atoms with Crippen molar-refractivity contribution in [2.75, 3.05) is 19.0 Å². The summed E-state index contributed by atoms with van der Waals surface area (Å²) in [5.74, 6) is -0.886. The number of esters is 1. The molecule has 0 fully saturated rings. The predicted molar refractivity (Wildman–Crippen MR) is 93.4 cm³/mol. The van der Waals surface area contributed by atoms with E-state index in [-0.39, 0.29) is 11.3 Å². The topological polar surface area (TPSA) is 81.7 Å². The number of anilines is 1. The molecule has 130 valence electrons. The quantitative estimate of drug-likeness (QED) is 0.630. The number of carbonyl (C=O) groups is 3. The number of hydrogen-bond acceptors (Lipinski definition) is 5. The lowest BCUT2D eigenvalue weighted by molar-refractivity contribution is -0.119. The zero-order valence-corrected chi connectivity index (χ0v) is 14.4. The van der Waals surface area contributed by atoms with E-state index in [1.54, 1.807) is 24.3 Å². The van der Waals surface area contributed by atoms with Gasteiger partial charge in [-0.3, -0.25) is 9.59 Å². The number of hydrogen-bond donors (Lipinski definition) is 1. The van der Waals surface area contributed by atoms with Gasteiger partial charge >= 0.3 is 5.97 Å². The molecule has 0 unspecified atom stereocenters. The van der Waals surface area contributed by atoms with Gasteiger partial charge in [-0.2, -0.15) is 0 Å². The number of rotatable bonds is 6. The van der Waals surface area contributed by atoms with Gasteiger partial charge in [0.05, 0.1) is 17.7 Å². The van der Waals surface area contributed by atoms with Gasteiger partial charge in [-0.1, -0.05) is 23.7 Å². The summed E-state index contributed by atoms with van der Waals surface area (Å²) in [5.41, 5.74) is 1.05. The maximum atomic E-state index is 12.0. The molecule has 0 saturated heterocycles. The molecule has 2 rings (SSSR count). The van der Waals surface area contributed by atoms with E-state index < -0.39 is 18.5 Å². The lowest BCUT2D eigenvalue weighted by Gasteiger charge is -2.09. The van der Waals surface area contributed by atoms with Gasteiger partial charge < -0.3 is 14.8 Å². The molecule has 0 radical (unpaired) electrons. The van der Waals surface area contributed by atoms with Gasteiger partial charge in [0.2, 0.25) is 0 Å². The van der Waals surface area contributed by atoms with Crippen LogP contribution in [0.1, 0.15) is 27.6 Å². The van der Waals surface area contributed by atoms with Crippen LogP contribution in [0.15, 0.2) is 42.5 Å². The highest BCUT2D eigenvalue weighted by Crippen LogP contribution is 2.27. The Labute approximate surface area is 149 Å². The fourth-order valence-corrected chi connectivity index (χ4v) is 2.28. The van der Waals surface area contributed by atoms with Crippen molar-refractivity contribution in [3.8, 4) is 5.75 Å². The highest BCUT2D eigenvalue weighted by Gasteiger charge is 2.12. The summed E-state index contributed by atoms with van der Waals surface area (Å²) in [5, 5.41) is 2.91. The van der Waals surface area contributed by atoms with Crippen molar-refractivity contribution >= 4 is 34.9 Å². The maximum absolute atomic E-state index is 12.0. The minimum Gasteiger partial charge on any atom is -0.495 e. The molecule has 0 spiro atoms. The minimum atomic E-state index is -0.689. The Balaban J connectivity index is 1.93. The van der Waals surface area contributed by atoms with Gasteiger partial charge in [-0.15, -0.1) is 0 Å². The van der Waals surface area contributed by atoms with Crippen molar-refractivity contribution in [1.29, 1.82) is 0 Å². The van der Waals surface area contributed by atoms with Gasteiger partial charge in [-0.05, 0) is 37.3 Å². The maximum Gasteiger partial charge on any atom is 0.338 e. The molecule has 0 aliphatic rings. The number of nitrogens with one attached hydrogen (secondary N) is 1. The third-order valence-electron chi connectivity index (χ3n) is 3.27. The van der Waals surface area contributed by atoms with Gasteiger partial charge in [-0.25, -0.2) is 4.79 Å². The summed E-state index contributed by atoms with van der Waals surface area (Å²) in [7, 11) is 1.49. The molecule has 1 N–H and O–H groups in total. The second-order valence-electron chi connectivity index (χ2n) is 5.11. The van der Waals surface area contributed by atoms with Crippen LogP contribution < -0.4 is 10.1 Å². The third kappa shape index (κ3) is 5.06. The van der Waals surface area contributed by atoms with E-state index in [4.69, 9.17) is 21.1 Å². The van der Waals surface area contributed by atoms with E-state index in [9.17, 15) is 14.4 Å². The van der Waals surface area contributed by atoms with Crippen molar-refractivity contribution in [2.45, 2.75) is 6.92 Å². The van der Waals surface area contributed by atoms with Crippen LogP contribution in [-0.2, 0) is 9.53 Å². The van der Waals surface area contributed by atoms with E-state index >= 15 is 0 Å². The molecule has 0 saturated carbocycles. The summed E-state index contributed by atoms with van der Waals surface area (Å²) >= 11 is 5.97. The average Bonchev–Trinajstić information content (AvgIpc) is 2.60. The fourth-order valence-electron chi connectivity index (χ4n) is 2.02. The second-order valence-corrected chi connectivity index (χ2v) is 5.52. The number of benzene rings is 2. The predicted octanol–water partition coefficient (Wildman–Crippen LogP) is 3.35. The zero-order chi connectivity index (χ0) is 18.4. The first-order valence-electron chi connectivity index (χ1n) is 7.32. The second kappa shape index (κ2) is 8.30. The van der Waals surface area contributed by atoms with Gasteiger partial charge in [0.15, 0.2) is 12.4 Å². The molecule has 0 aliphatic heterocycles. The van der Waals surface area contributed by atoms with Gasteiger partial charge in [0.1, 0.15) is 5.75 Å². The summed E-state index contributed by atoms with van der Waals surface area (Å²) < 4.78 is 9.97. The first-order valence-corrected chi connectivity index (χ1v) is 7.70. The van der Waals surface area contributed by atoms with E-state index in [0.717, 1.165) is 0 Å². The van der Waals surface area contributed by atoms with Crippen molar-refractivity contribution in [2.24, 2.45) is 0 Å². The Bertz CT molecular complexity index is 819. The van der Waals surface area contributed by atoms with Crippen LogP contribution in [0, 0.1) is 0 Å². The van der Waals surface area contributed by atoms with E-state index in [0.29, 0.717) is 22.0 Å². The molecular formula is C18H16ClNO5. The summed E-state index contributed by atoms with van der Waals surface area (Å²) in [4.78, 5) is 35.2. The van der Waals surface area contributed by atoms with Crippen molar-refractivity contribution in [1.82, 2.24) is 0 Å². The molecule has 2 aromatic rings. The van der Waals surface area contributed by atoms with Crippen LogP contribution in [-0.4, -0.2) is 31.4 Å². The smallest absolute Gasteiger partial charge is 0.338 e. The molecule has 0 atom stereocenters. The van der Waals surface area contributed by atoms with E-state index in [1.807, 2.05) is 0 Å². The van der Waals surface area contributed by atoms with Gasteiger partial charge in [0, 0.05) is 11.3 Å². The standard InChI is InChI=1S/C18H16ClNO5/c1-11(21)12-4-3-5-13(8-12)18(23)25-10-17(22)20-14-6-7-16(24-2)15(19)9-14/h3-9H,10H2,1-2H3,(H,20,22). The molecule has 1 amide bonds. The van der Waals surface area contributed by atoms with Crippen LogP contribution in [0.25, 0.3) is 0 Å². The summed E-state index contributed by atoms with van der Waals surface area (Å²) in [6.45, 7) is 0.935. The number of ketones is 1. The number of ether oxygens (including phenoxy) is 2. The molecule has 25 heavy (non-hydrogen) atoms. The number of Topliss-reactive ketones (excluding diaryl/α,β-unsaturated/α-hetero) is 1. The van der Waals surface area contributed by atoms with Crippen molar-refractivity contribution in [3.05, 3.63) is 58.6 Å². The first-order chi connectivity index (χ1) is 11.9. The van der Waals surface area contributed by atoms with E-state index in [2.05, 4.69) is 5.32 Å². The SMILES string of the molecule is COc1ccc(NC(=O)COC(=O)c2cccc(C(C)=O)c2)cc1Cl. The molecule has 0 aliphatic carbocycles. The molecular weight excluding hydrogens is 346 g/mol. The number of carbonyl (C=O) groups excluding carboxylic acids is 3. The first kappa shape index (κ1) is 18.5. The number of halogens is 1. The molecule has 6 nitrogen and oxygen atoms in total. The van der Waals surface area contributed by atoms with Crippen molar-refractivity contribution < 1.29 is 23.9 Å². The molecule has 2 aromatic carbocycles. The summed E-state index contributed by atoms with van der Waals surface area (Å²) in [6, 6.07) is 10.8. The van der Waals surface area contributed by atoms with Crippen LogP contribution in [0.3, 0.4) is 0 Å². The Kier molecular flexibility index (Phi) is 6.14. The Morgan fingerprint density at radius 1 is 1.08 bits per heavy atom. The number of amides is 1. The fraction of sp³-hybridized carbons (Fsp3) is 0.167. The molecule has 7 heteroatoms. The lowest BCUT2D eigenvalue weighted by Crippen LogP contribution is -2.21. The highest BCUT2D eigenvalue weighted by atomic mass is 35.5. The Morgan fingerprint density at radius 3 is 2.44 bits per heavy atom. The van der Waals surface area contributed by atoms with Crippen LogP contribution >= 0.6 is 11.6 Å². The average molecular weight is 362 g/mol. The van der Waals surface area contributed by atoms with Crippen LogP contribution in [0.2, 0.25) is 5.02 Å². The Hall–Kier alpha value is -2.86. The van der Waals surface area contributed by atoms with Crippen LogP contribution in [0.4, 0.5) is 5.69 Å². The monoisotopic (exact) mass is 361 g/mol. The molecule has 0 aromatic heterocycles. The Morgan fingerprint density at radius 2 is 1.80 bits per heavy atom. The lowest BCUT2D eigenvalue weighted by atomic mass is 10.1. The molecule has 0 heterocycles. The normalized spacial score (nSPS) is 10.0. The van der Waals surface area contributed by atoms with Gasteiger partial charge in [0.25, 0.3) is 5.91 Å². The minimum absolute atomic E-state index is 0.163. The van der Waals surface area contributed by atoms with E-state index in [1.165, 1.54) is 32.2 Å². The highest BCUT2D eigenvalue weighted by molar-refractivity contribution is 6.32. The molecule has 0 bridgehead atoms. The van der Waals surface area contributed by atoms with Crippen LogP contribution in [0.5, 0.6) is 5.75 Å². The summed E-state index contributed by atoms with van der Waals surface area (Å²) in [6.07, 6.45) is 0. The number of methoxy groups -OCH3 is 1. The van der Waals surface area contributed by atoms with Crippen molar-refractivity contribution in [3.63, 3.8) is 0 Å².